The second-order valence-electron chi connectivity index (χ2n) is 6.03. The zero-order chi connectivity index (χ0) is 19.1. The smallest absolute Gasteiger partial charge is 0.322 e. The first kappa shape index (κ1) is 19.1. The summed E-state index contributed by atoms with van der Waals surface area (Å²) < 4.78 is 18.0. The van der Waals surface area contributed by atoms with Crippen LogP contribution in [0.4, 0.5) is 10.5 Å². The highest BCUT2D eigenvalue weighted by molar-refractivity contribution is 5.90. The number of aromatic nitrogens is 4. The topological polar surface area (TPSA) is 104 Å². The molecule has 2 amide bonds. The van der Waals surface area contributed by atoms with Gasteiger partial charge in [-0.2, -0.15) is 0 Å². The number of anilines is 1. The SMILES string of the molecule is COCCOc1ncccc1NC(=O)N(C)Cc1nnc2n1CCOCC2. The molecule has 1 N–H and O–H groups in total. The van der Waals surface area contributed by atoms with E-state index in [1.807, 2.05) is 4.57 Å². The van der Waals surface area contributed by atoms with E-state index in [-0.39, 0.29) is 6.03 Å². The van der Waals surface area contributed by atoms with Gasteiger partial charge in [0, 0.05) is 33.3 Å². The fourth-order valence-corrected chi connectivity index (χ4v) is 2.67. The molecule has 0 radical (unpaired) electrons. The monoisotopic (exact) mass is 376 g/mol. The van der Waals surface area contributed by atoms with Crippen LogP contribution in [0.25, 0.3) is 0 Å². The molecule has 2 aromatic rings. The number of nitrogens with one attached hydrogen (secondary N) is 1. The van der Waals surface area contributed by atoms with E-state index in [1.165, 1.54) is 4.90 Å². The standard InChI is InChI=1S/C17H24N6O4/c1-22(12-15-21-20-14-5-8-26-9-7-23(14)15)17(24)19-13-4-3-6-18-16(13)27-11-10-25-2/h3-4,6H,5,7-12H2,1-2H3,(H,19,24). The molecule has 10 nitrogen and oxygen atoms in total. The Kier molecular flexibility index (Phi) is 6.55. The minimum Gasteiger partial charge on any atom is -0.474 e. The van der Waals surface area contributed by atoms with Crippen LogP contribution in [0.1, 0.15) is 11.6 Å². The van der Waals surface area contributed by atoms with Crippen molar-refractivity contribution in [2.45, 2.75) is 19.5 Å². The number of hydrogen-bond donors (Lipinski definition) is 1. The van der Waals surface area contributed by atoms with E-state index in [1.54, 1.807) is 32.5 Å². The van der Waals surface area contributed by atoms with Crippen molar-refractivity contribution in [3.05, 3.63) is 30.0 Å². The van der Waals surface area contributed by atoms with Crippen LogP contribution in [0, 0.1) is 0 Å². The number of ether oxygens (including phenoxy) is 3. The fraction of sp³-hybridized carbons (Fsp3) is 0.529. The maximum Gasteiger partial charge on any atom is 0.322 e. The molecular formula is C17H24N6O4. The number of carbonyl (C=O) groups excluding carboxylic acids is 1. The molecule has 3 heterocycles. The van der Waals surface area contributed by atoms with Crippen molar-refractivity contribution in [2.75, 3.05) is 45.9 Å². The Bertz CT molecular complexity index is 766. The maximum absolute atomic E-state index is 12.6. The van der Waals surface area contributed by atoms with Gasteiger partial charge in [0.25, 0.3) is 0 Å². The first-order valence-corrected chi connectivity index (χ1v) is 8.76. The summed E-state index contributed by atoms with van der Waals surface area (Å²) in [6.07, 6.45) is 2.33. The molecule has 3 rings (SSSR count). The van der Waals surface area contributed by atoms with E-state index < -0.39 is 0 Å². The molecule has 0 fully saturated rings. The van der Waals surface area contributed by atoms with Gasteiger partial charge in [-0.05, 0) is 12.1 Å². The lowest BCUT2D eigenvalue weighted by molar-refractivity contribution is 0.139. The van der Waals surface area contributed by atoms with Gasteiger partial charge < -0.3 is 29.0 Å². The molecule has 0 spiro atoms. The number of carbonyl (C=O) groups is 1. The normalized spacial score (nSPS) is 13.6. The predicted molar refractivity (Wildman–Crippen MR) is 96.6 cm³/mol. The summed E-state index contributed by atoms with van der Waals surface area (Å²) >= 11 is 0. The minimum atomic E-state index is -0.290. The lowest BCUT2D eigenvalue weighted by Crippen LogP contribution is -2.32. The molecule has 27 heavy (non-hydrogen) atoms. The zero-order valence-corrected chi connectivity index (χ0v) is 15.6. The molecule has 2 aromatic heterocycles. The Morgan fingerprint density at radius 1 is 1.37 bits per heavy atom. The summed E-state index contributed by atoms with van der Waals surface area (Å²) in [5, 5.41) is 11.2. The van der Waals surface area contributed by atoms with E-state index in [4.69, 9.17) is 14.2 Å². The summed E-state index contributed by atoms with van der Waals surface area (Å²) in [7, 11) is 3.29. The maximum atomic E-state index is 12.6. The van der Waals surface area contributed by atoms with E-state index in [2.05, 4.69) is 20.5 Å². The van der Waals surface area contributed by atoms with Gasteiger partial charge in [0.2, 0.25) is 5.88 Å². The van der Waals surface area contributed by atoms with Crippen LogP contribution >= 0.6 is 0 Å². The number of pyridine rings is 1. The van der Waals surface area contributed by atoms with Gasteiger partial charge >= 0.3 is 6.03 Å². The molecule has 146 valence electrons. The van der Waals surface area contributed by atoms with Crippen LogP contribution in [0.3, 0.4) is 0 Å². The number of nitrogens with zero attached hydrogens (tertiary/aromatic N) is 5. The van der Waals surface area contributed by atoms with Crippen molar-refractivity contribution in [3.8, 4) is 5.88 Å². The summed E-state index contributed by atoms with van der Waals surface area (Å²) in [5.74, 6) is 1.97. The number of methoxy groups -OCH3 is 1. The Balaban J connectivity index is 1.62. The lowest BCUT2D eigenvalue weighted by atomic mass is 10.4. The second kappa shape index (κ2) is 9.28. The highest BCUT2D eigenvalue weighted by Gasteiger charge is 2.19. The Hall–Kier alpha value is -2.72. The molecule has 0 unspecified atom stereocenters. The van der Waals surface area contributed by atoms with E-state index in [0.29, 0.717) is 51.1 Å². The van der Waals surface area contributed by atoms with Gasteiger partial charge in [-0.3, -0.25) is 0 Å². The summed E-state index contributed by atoms with van der Waals surface area (Å²) in [6, 6.07) is 3.18. The number of rotatable bonds is 7. The molecule has 10 heteroatoms. The number of amides is 2. The largest absolute Gasteiger partial charge is 0.474 e. The average molecular weight is 376 g/mol. The van der Waals surface area contributed by atoms with Crippen LogP contribution in [-0.2, 0) is 29.0 Å². The van der Waals surface area contributed by atoms with E-state index >= 15 is 0 Å². The zero-order valence-electron chi connectivity index (χ0n) is 15.6. The van der Waals surface area contributed by atoms with Gasteiger partial charge in [-0.25, -0.2) is 9.78 Å². The van der Waals surface area contributed by atoms with Crippen molar-refractivity contribution in [3.63, 3.8) is 0 Å². The number of fused-ring (bicyclic) bond motifs is 1. The summed E-state index contributed by atoms with van der Waals surface area (Å²) in [4.78, 5) is 18.3. The number of urea groups is 1. The molecule has 0 bridgehead atoms. The highest BCUT2D eigenvalue weighted by Crippen LogP contribution is 2.21. The molecule has 0 aliphatic carbocycles. The summed E-state index contributed by atoms with van der Waals surface area (Å²) in [5.41, 5.74) is 0.499. The number of hydrogen-bond acceptors (Lipinski definition) is 7. The third-order valence-electron chi connectivity index (χ3n) is 4.10. The quantitative estimate of drug-likeness (QED) is 0.717. The minimum absolute atomic E-state index is 0.290. The van der Waals surface area contributed by atoms with Crippen LogP contribution in [0.2, 0.25) is 0 Å². The van der Waals surface area contributed by atoms with Crippen molar-refractivity contribution < 1.29 is 19.0 Å². The Labute approximate surface area is 157 Å². The predicted octanol–water partition coefficient (Wildman–Crippen LogP) is 0.935. The van der Waals surface area contributed by atoms with E-state index in [9.17, 15) is 4.79 Å². The molecule has 0 saturated carbocycles. The second-order valence-corrected chi connectivity index (χ2v) is 6.03. The van der Waals surface area contributed by atoms with Crippen LogP contribution in [-0.4, -0.2) is 71.3 Å². The van der Waals surface area contributed by atoms with Crippen LogP contribution in [0.5, 0.6) is 5.88 Å². The molecule has 0 saturated heterocycles. The van der Waals surface area contributed by atoms with Gasteiger partial charge in [-0.1, -0.05) is 0 Å². The molecule has 1 aliphatic heterocycles. The van der Waals surface area contributed by atoms with Gasteiger partial charge in [0.05, 0.1) is 26.4 Å². The van der Waals surface area contributed by atoms with Crippen molar-refractivity contribution in [1.82, 2.24) is 24.6 Å². The first-order chi connectivity index (χ1) is 13.2. The molecule has 0 atom stereocenters. The van der Waals surface area contributed by atoms with E-state index in [0.717, 1.165) is 18.1 Å². The fourth-order valence-electron chi connectivity index (χ4n) is 2.67. The van der Waals surface area contributed by atoms with Gasteiger partial charge in [0.1, 0.15) is 18.1 Å². The van der Waals surface area contributed by atoms with Crippen molar-refractivity contribution in [2.24, 2.45) is 0 Å². The Morgan fingerprint density at radius 3 is 3.11 bits per heavy atom. The van der Waals surface area contributed by atoms with Crippen molar-refractivity contribution >= 4 is 11.7 Å². The van der Waals surface area contributed by atoms with Crippen LogP contribution < -0.4 is 10.1 Å². The van der Waals surface area contributed by atoms with Crippen molar-refractivity contribution in [1.29, 1.82) is 0 Å². The third-order valence-corrected chi connectivity index (χ3v) is 4.10. The van der Waals surface area contributed by atoms with Gasteiger partial charge in [-0.15, -0.1) is 10.2 Å². The highest BCUT2D eigenvalue weighted by atomic mass is 16.5. The average Bonchev–Trinajstić information content (AvgIpc) is 2.89. The Morgan fingerprint density at radius 2 is 2.26 bits per heavy atom. The van der Waals surface area contributed by atoms with Crippen LogP contribution in [0.15, 0.2) is 18.3 Å². The molecular weight excluding hydrogens is 352 g/mol. The third kappa shape index (κ3) is 4.92. The first-order valence-electron chi connectivity index (χ1n) is 8.76. The lowest BCUT2D eigenvalue weighted by Gasteiger charge is -2.19. The molecule has 0 aromatic carbocycles. The summed E-state index contributed by atoms with van der Waals surface area (Å²) in [6.45, 7) is 3.06. The molecule has 1 aliphatic rings. The van der Waals surface area contributed by atoms with Gasteiger partial charge in [0.15, 0.2) is 5.82 Å².